The Morgan fingerprint density at radius 3 is 2.28 bits per heavy atom. The number of hydrogen-bond acceptors (Lipinski definition) is 4. The minimum absolute atomic E-state index is 0.0373. The summed E-state index contributed by atoms with van der Waals surface area (Å²) in [6.07, 6.45) is -0.334. The highest BCUT2D eigenvalue weighted by Gasteiger charge is 2.56. The van der Waals surface area contributed by atoms with Gasteiger partial charge in [0.2, 0.25) is 0 Å². The van der Waals surface area contributed by atoms with Crippen molar-refractivity contribution in [3.63, 3.8) is 0 Å². The second-order valence-electron chi connectivity index (χ2n) is 8.88. The third-order valence-electron chi connectivity index (χ3n) is 5.22. The van der Waals surface area contributed by atoms with Gasteiger partial charge in [0.05, 0.1) is 16.9 Å². The molecule has 25 heavy (non-hydrogen) atoms. The van der Waals surface area contributed by atoms with E-state index in [1.54, 1.807) is 4.90 Å². The summed E-state index contributed by atoms with van der Waals surface area (Å²) < 4.78 is 18.0. The lowest BCUT2D eigenvalue weighted by Crippen LogP contribution is -2.41. The van der Waals surface area contributed by atoms with Gasteiger partial charge in [-0.1, -0.05) is 18.2 Å². The second kappa shape index (κ2) is 5.75. The summed E-state index contributed by atoms with van der Waals surface area (Å²) in [4.78, 5) is 14.4. The van der Waals surface area contributed by atoms with Crippen molar-refractivity contribution < 1.29 is 18.8 Å². The summed E-state index contributed by atoms with van der Waals surface area (Å²) in [6.45, 7) is 14.3. The molecule has 1 atom stereocenters. The molecule has 1 saturated heterocycles. The number of amides is 1. The number of benzene rings is 1. The van der Waals surface area contributed by atoms with Crippen LogP contribution in [0.4, 0.5) is 10.5 Å². The number of anilines is 1. The topological polar surface area (TPSA) is 48.0 Å². The molecule has 1 amide bonds. The number of nitrogens with zero attached hydrogens (tertiary/aromatic N) is 1. The molecule has 1 unspecified atom stereocenters. The van der Waals surface area contributed by atoms with Crippen LogP contribution in [0.15, 0.2) is 24.3 Å². The van der Waals surface area contributed by atoms with Gasteiger partial charge < -0.3 is 14.0 Å². The highest BCUT2D eigenvalue weighted by molar-refractivity contribution is 6.48. The standard InChI is InChI=1S/C19H28BNO4/c1-17(2,3)23-16(22)21-12-14(13-10-8-9-11-15(13)21)20-24-18(4,5)19(6,7)25-20/h8-11,14H,12H2,1-7H3. The number of hydrogen-bond donors (Lipinski definition) is 0. The van der Waals surface area contributed by atoms with Gasteiger partial charge in [0.15, 0.2) is 0 Å². The predicted molar refractivity (Wildman–Crippen MR) is 98.8 cm³/mol. The molecular weight excluding hydrogens is 317 g/mol. The highest BCUT2D eigenvalue weighted by atomic mass is 16.7. The van der Waals surface area contributed by atoms with Crippen LogP contribution in [0.3, 0.4) is 0 Å². The fraction of sp³-hybridized carbons (Fsp3) is 0.632. The normalized spacial score (nSPS) is 24.4. The van der Waals surface area contributed by atoms with Crippen molar-refractivity contribution in [2.24, 2.45) is 0 Å². The maximum absolute atomic E-state index is 12.7. The van der Waals surface area contributed by atoms with E-state index in [1.165, 1.54) is 0 Å². The van der Waals surface area contributed by atoms with Gasteiger partial charge in [0.1, 0.15) is 5.60 Å². The van der Waals surface area contributed by atoms with Crippen molar-refractivity contribution in [3.05, 3.63) is 29.8 Å². The zero-order valence-corrected chi connectivity index (χ0v) is 16.3. The Morgan fingerprint density at radius 2 is 1.72 bits per heavy atom. The van der Waals surface area contributed by atoms with Crippen molar-refractivity contribution in [1.29, 1.82) is 0 Å². The van der Waals surface area contributed by atoms with Crippen LogP contribution >= 0.6 is 0 Å². The Balaban J connectivity index is 1.88. The number of carbonyl (C=O) groups is 1. The van der Waals surface area contributed by atoms with Gasteiger partial charge in [-0.15, -0.1) is 0 Å². The van der Waals surface area contributed by atoms with E-state index < -0.39 is 23.9 Å². The number of rotatable bonds is 1. The van der Waals surface area contributed by atoms with Crippen molar-refractivity contribution >= 4 is 18.9 Å². The molecule has 0 N–H and O–H groups in total. The lowest BCUT2D eigenvalue weighted by atomic mass is 9.69. The maximum Gasteiger partial charge on any atom is 0.467 e. The van der Waals surface area contributed by atoms with E-state index in [0.717, 1.165) is 11.3 Å². The highest BCUT2D eigenvalue weighted by Crippen LogP contribution is 2.45. The molecule has 5 nitrogen and oxygen atoms in total. The van der Waals surface area contributed by atoms with Crippen LogP contribution in [0.1, 0.15) is 59.8 Å². The lowest BCUT2D eigenvalue weighted by Gasteiger charge is -2.32. The van der Waals surface area contributed by atoms with E-state index in [4.69, 9.17) is 14.0 Å². The monoisotopic (exact) mass is 345 g/mol. The van der Waals surface area contributed by atoms with Crippen LogP contribution in [0.25, 0.3) is 0 Å². The zero-order valence-electron chi connectivity index (χ0n) is 16.3. The first-order chi connectivity index (χ1) is 11.4. The first-order valence-corrected chi connectivity index (χ1v) is 8.86. The average Bonchev–Trinajstić information content (AvgIpc) is 2.92. The van der Waals surface area contributed by atoms with Gasteiger partial charge in [0.25, 0.3) is 0 Å². The molecule has 2 heterocycles. The number of ether oxygens (including phenoxy) is 1. The predicted octanol–water partition coefficient (Wildman–Crippen LogP) is 4.16. The summed E-state index contributed by atoms with van der Waals surface area (Å²) >= 11 is 0. The van der Waals surface area contributed by atoms with Gasteiger partial charge in [-0.05, 0) is 60.1 Å². The van der Waals surface area contributed by atoms with Crippen molar-refractivity contribution in [2.75, 3.05) is 11.4 Å². The van der Waals surface area contributed by atoms with Gasteiger partial charge in [-0.25, -0.2) is 4.79 Å². The van der Waals surface area contributed by atoms with E-state index >= 15 is 0 Å². The Bertz CT molecular complexity index is 664. The van der Waals surface area contributed by atoms with Crippen LogP contribution in [0.5, 0.6) is 0 Å². The third kappa shape index (κ3) is 3.29. The Kier molecular flexibility index (Phi) is 4.20. The molecule has 0 radical (unpaired) electrons. The maximum atomic E-state index is 12.7. The number of para-hydroxylation sites is 1. The first kappa shape index (κ1) is 18.3. The van der Waals surface area contributed by atoms with Crippen LogP contribution in [0, 0.1) is 0 Å². The lowest BCUT2D eigenvalue weighted by molar-refractivity contribution is 0.00578. The molecule has 2 aliphatic rings. The molecule has 0 bridgehead atoms. The molecule has 1 aromatic rings. The zero-order chi connectivity index (χ0) is 18.6. The fourth-order valence-electron chi connectivity index (χ4n) is 3.22. The quantitative estimate of drug-likeness (QED) is 0.717. The minimum Gasteiger partial charge on any atom is -0.443 e. The number of carbonyl (C=O) groups excluding carboxylic acids is 1. The molecule has 0 aromatic heterocycles. The van der Waals surface area contributed by atoms with Crippen LogP contribution < -0.4 is 4.90 Å². The molecule has 136 valence electrons. The third-order valence-corrected chi connectivity index (χ3v) is 5.22. The summed E-state index contributed by atoms with van der Waals surface area (Å²) in [5.41, 5.74) is 0.607. The van der Waals surface area contributed by atoms with Gasteiger partial charge in [-0.2, -0.15) is 0 Å². The van der Waals surface area contributed by atoms with E-state index in [9.17, 15) is 4.79 Å². The summed E-state index contributed by atoms with van der Waals surface area (Å²) in [6, 6.07) is 7.90. The average molecular weight is 345 g/mol. The van der Waals surface area contributed by atoms with E-state index in [0.29, 0.717) is 6.54 Å². The van der Waals surface area contributed by atoms with Crippen molar-refractivity contribution in [1.82, 2.24) is 0 Å². The molecule has 0 saturated carbocycles. The van der Waals surface area contributed by atoms with Crippen LogP contribution in [-0.2, 0) is 14.0 Å². The molecule has 1 fully saturated rings. The number of fused-ring (bicyclic) bond motifs is 1. The van der Waals surface area contributed by atoms with Crippen LogP contribution in [-0.4, -0.2) is 36.6 Å². The van der Waals surface area contributed by atoms with Gasteiger partial charge in [0, 0.05) is 12.4 Å². The molecule has 0 aliphatic carbocycles. The summed E-state index contributed by atoms with van der Waals surface area (Å²) in [5, 5.41) is 0. The van der Waals surface area contributed by atoms with E-state index in [-0.39, 0.29) is 11.9 Å². The van der Waals surface area contributed by atoms with Crippen molar-refractivity contribution in [3.8, 4) is 0 Å². The first-order valence-electron chi connectivity index (χ1n) is 8.86. The SMILES string of the molecule is CC(C)(C)OC(=O)N1CC(B2OC(C)(C)C(C)(C)O2)c2ccccc21. The van der Waals surface area contributed by atoms with Gasteiger partial charge in [-0.3, -0.25) is 4.90 Å². The largest absolute Gasteiger partial charge is 0.467 e. The second-order valence-corrected chi connectivity index (χ2v) is 8.88. The molecule has 3 rings (SSSR count). The smallest absolute Gasteiger partial charge is 0.443 e. The van der Waals surface area contributed by atoms with Crippen LogP contribution in [0.2, 0.25) is 0 Å². The Morgan fingerprint density at radius 1 is 1.16 bits per heavy atom. The molecule has 1 aromatic carbocycles. The summed E-state index contributed by atoms with van der Waals surface area (Å²) in [7, 11) is -0.390. The summed E-state index contributed by atoms with van der Waals surface area (Å²) in [5.74, 6) is -0.0373. The molecule has 0 spiro atoms. The minimum atomic E-state index is -0.533. The molecular formula is C19H28BNO4. The Hall–Kier alpha value is -1.53. The molecule has 6 heteroatoms. The van der Waals surface area contributed by atoms with Gasteiger partial charge >= 0.3 is 13.2 Å². The van der Waals surface area contributed by atoms with E-state index in [2.05, 4.69) is 0 Å². The van der Waals surface area contributed by atoms with E-state index in [1.807, 2.05) is 72.7 Å². The fourth-order valence-corrected chi connectivity index (χ4v) is 3.22. The Labute approximate surface area is 150 Å². The van der Waals surface area contributed by atoms with Crippen molar-refractivity contribution in [2.45, 2.75) is 71.1 Å². The molecule has 2 aliphatic heterocycles.